The number of alkyl halides is 19. The largest absolute Gasteiger partial charge is 0.420 e. The van der Waals surface area contributed by atoms with Crippen LogP contribution in [0.4, 0.5) is 0 Å². The summed E-state index contributed by atoms with van der Waals surface area (Å²) in [5, 5.41) is 0. The zero-order valence-electron chi connectivity index (χ0n) is 13.0. The van der Waals surface area contributed by atoms with Gasteiger partial charge in [0.25, 0.3) is 4.52 Å². The topological polar surface area (TPSA) is 26.3 Å². The molecule has 21 heteroatoms. The van der Waals surface area contributed by atoms with Crippen molar-refractivity contribution in [3.8, 4) is 0 Å². The van der Waals surface area contributed by atoms with E-state index in [1.165, 1.54) is 0 Å². The van der Waals surface area contributed by atoms with Crippen molar-refractivity contribution in [2.45, 2.75) is 38.6 Å². The van der Waals surface area contributed by atoms with Crippen LogP contribution in [-0.2, 0) is 9.53 Å². The Labute approximate surface area is 271 Å². The molecule has 0 rings (SSSR count). The van der Waals surface area contributed by atoms with E-state index in [1.54, 1.807) is 0 Å². The Bertz CT molecular complexity index is 674. The highest BCUT2D eigenvalue weighted by Crippen LogP contribution is 2.73. The van der Waals surface area contributed by atoms with E-state index in [-0.39, 0.29) is 0 Å². The minimum Gasteiger partial charge on any atom is -0.417 e. The van der Waals surface area contributed by atoms with Gasteiger partial charge in [-0.15, -0.1) is 0 Å². The van der Waals surface area contributed by atoms with Crippen molar-refractivity contribution in [2.75, 3.05) is 0 Å². The second-order valence-electron chi connectivity index (χ2n) is 5.22. The van der Waals surface area contributed by atoms with Crippen molar-refractivity contribution >= 4 is 227 Å². The number of hydrogen-bond donors (Lipinski definition) is 0. The lowest BCUT2D eigenvalue weighted by atomic mass is 10.0. The molecule has 0 fully saturated rings. The molecule has 0 saturated carbocycles. The third-order valence-corrected chi connectivity index (χ3v) is 16.0. The van der Waals surface area contributed by atoms with Gasteiger partial charge in [-0.1, -0.05) is 220 Å². The van der Waals surface area contributed by atoms with Crippen LogP contribution in [0, 0.1) is 0 Å². The van der Waals surface area contributed by atoms with Crippen LogP contribution in [0.25, 0.3) is 0 Å². The molecule has 0 aromatic rings. The summed E-state index contributed by atoms with van der Waals surface area (Å²) in [6.45, 7) is 0.842. The Hall–Kier alpha value is 4.98. The molecule has 0 unspecified atom stereocenters. The molecule has 0 spiro atoms. The fourth-order valence-corrected chi connectivity index (χ4v) is 7.15. The molecule has 1 radical (unpaired) electrons. The molecule has 0 N–H and O–H groups in total. The van der Waals surface area contributed by atoms with E-state index in [1.807, 2.05) is 0 Å². The van der Waals surface area contributed by atoms with Crippen LogP contribution in [-0.4, -0.2) is 45.1 Å². The molecule has 0 bridgehead atoms. The van der Waals surface area contributed by atoms with E-state index in [4.69, 9.17) is 220 Å². The summed E-state index contributed by atoms with van der Waals surface area (Å²) < 4.78 is -23.2. The highest BCUT2D eigenvalue weighted by Gasteiger charge is 2.83. The van der Waals surface area contributed by atoms with Gasteiger partial charge in [-0.25, -0.2) is 4.79 Å². The minimum absolute atomic E-state index is 0.842. The predicted octanol–water partition coefficient (Wildman–Crippen LogP) is 10.8. The van der Waals surface area contributed by atoms with Crippen LogP contribution in [0.3, 0.4) is 0 Å². The lowest BCUT2D eigenvalue weighted by Crippen LogP contribution is -2.71. The number of carbonyl (C=O) groups excluding carboxylic acids is 1. The molecule has 31 heavy (non-hydrogen) atoms. The van der Waals surface area contributed by atoms with Gasteiger partial charge in [-0.2, -0.15) is 0 Å². The molecule has 2 nitrogen and oxygen atoms in total. The molecular formula is C10Cl19O2. The van der Waals surface area contributed by atoms with Crippen LogP contribution in [0.1, 0.15) is 0 Å². The van der Waals surface area contributed by atoms with Gasteiger partial charge >= 0.3 is 6.47 Å². The predicted molar refractivity (Wildman–Crippen MR) is 143 cm³/mol. The molecule has 0 heterocycles. The van der Waals surface area contributed by atoms with Crippen LogP contribution >= 0.6 is 220 Å². The monoisotopic (exact) mass is 816 g/mol. The highest BCUT2D eigenvalue weighted by molar-refractivity contribution is 6.83. The molecule has 0 amide bonds. The quantitative estimate of drug-likeness (QED) is 0.217. The summed E-state index contributed by atoms with van der Waals surface area (Å²) in [5.41, 5.74) is 0. The Morgan fingerprint density at radius 2 is 0.613 bits per heavy atom. The first kappa shape index (κ1) is 36.0. The molecule has 0 aliphatic rings. The van der Waals surface area contributed by atoms with E-state index < -0.39 is 38.6 Å². The highest BCUT2D eigenvalue weighted by atomic mass is 35.6. The molecule has 0 saturated heterocycles. The first-order chi connectivity index (χ1) is 13.1. The molecule has 0 aliphatic heterocycles. The zero-order valence-corrected chi connectivity index (χ0v) is 27.4. The molecule has 0 aromatic carbocycles. The lowest BCUT2D eigenvalue weighted by molar-refractivity contribution is 0.182. The number of halogens is 19. The standard InChI is InChI=1S/C10Cl19O2/c11-2(12,3(13,14)5(17,18)7(21,22)9(25,26)27)4(15,16)6(19,20)8(23,24)10(28,29)31-1-30. The molecule has 0 atom stereocenters. The van der Waals surface area contributed by atoms with E-state index >= 15 is 0 Å². The van der Waals surface area contributed by atoms with Crippen molar-refractivity contribution in [1.29, 1.82) is 0 Å². The number of hydrogen-bond acceptors (Lipinski definition) is 2. The molecule has 0 aliphatic carbocycles. The second-order valence-corrected chi connectivity index (χ2v) is 18.1. The van der Waals surface area contributed by atoms with Crippen molar-refractivity contribution in [3.05, 3.63) is 0 Å². The average Bonchev–Trinajstić information content (AvgIpc) is 2.52. The van der Waals surface area contributed by atoms with E-state index in [0.29, 0.717) is 0 Å². The van der Waals surface area contributed by atoms with E-state index in [9.17, 15) is 4.79 Å². The van der Waals surface area contributed by atoms with Crippen LogP contribution < -0.4 is 0 Å². The normalized spacial score (nSPS) is 16.4. The number of rotatable bonds is 9. The van der Waals surface area contributed by atoms with Crippen LogP contribution in [0.5, 0.6) is 0 Å². The summed E-state index contributed by atoms with van der Waals surface area (Å²) in [7, 11) is 0. The Morgan fingerprint density at radius 3 is 0.839 bits per heavy atom. The SMILES string of the molecule is O=[C]OC(Cl)(Cl)C(Cl)(Cl)C(Cl)(Cl)C(Cl)(Cl)C(Cl)(Cl)C(Cl)(Cl)C(Cl)(Cl)C(Cl)(Cl)C(Cl)(Cl)Cl. The van der Waals surface area contributed by atoms with Crippen molar-refractivity contribution < 1.29 is 9.53 Å². The van der Waals surface area contributed by atoms with Gasteiger partial charge in [0, 0.05) is 0 Å². The first-order valence-corrected chi connectivity index (χ1v) is 13.4. The molecule has 0 aromatic heterocycles. The maximum absolute atomic E-state index is 10.6. The van der Waals surface area contributed by atoms with E-state index in [0.717, 1.165) is 6.47 Å². The summed E-state index contributed by atoms with van der Waals surface area (Å²) in [4.78, 5) is 10.6. The fraction of sp³-hybridized carbons (Fsp3) is 0.900. The molecular weight excluding hydrogens is 826 g/mol. The van der Waals surface area contributed by atoms with Crippen LogP contribution in [0.2, 0.25) is 0 Å². The van der Waals surface area contributed by atoms with Gasteiger partial charge in [-0.3, -0.25) is 0 Å². The summed E-state index contributed by atoms with van der Waals surface area (Å²) >= 11 is 114. The Balaban J connectivity index is 6.87. The Morgan fingerprint density at radius 1 is 0.387 bits per heavy atom. The lowest BCUT2D eigenvalue weighted by Gasteiger charge is -2.54. The number of ether oxygens (including phenoxy) is 1. The third-order valence-electron chi connectivity index (χ3n) is 3.26. The first-order valence-electron chi connectivity index (χ1n) is 6.20. The van der Waals surface area contributed by atoms with Crippen molar-refractivity contribution in [3.63, 3.8) is 0 Å². The van der Waals surface area contributed by atoms with Gasteiger partial charge in [0.15, 0.2) is 21.7 Å². The van der Waals surface area contributed by atoms with Crippen molar-refractivity contribution in [1.82, 2.24) is 0 Å². The minimum atomic E-state index is -3.20. The van der Waals surface area contributed by atoms with Crippen molar-refractivity contribution in [2.24, 2.45) is 0 Å². The third kappa shape index (κ3) is 5.80. The second kappa shape index (κ2) is 10.9. The smallest absolute Gasteiger partial charge is 0.417 e. The maximum Gasteiger partial charge on any atom is 0.420 e. The van der Waals surface area contributed by atoms with Gasteiger partial charge in [-0.05, 0) is 0 Å². The van der Waals surface area contributed by atoms with Crippen LogP contribution in [0.15, 0.2) is 0 Å². The molecule has 185 valence electrons. The Kier molecular flexibility index (Phi) is 12.6. The van der Waals surface area contributed by atoms with E-state index in [2.05, 4.69) is 4.74 Å². The summed E-state index contributed by atoms with van der Waals surface area (Å²) in [5.74, 6) is 0. The average molecular weight is 826 g/mol. The van der Waals surface area contributed by atoms with Gasteiger partial charge in [0.1, 0.15) is 0 Å². The van der Waals surface area contributed by atoms with Gasteiger partial charge in [0.05, 0.1) is 0 Å². The van der Waals surface area contributed by atoms with Gasteiger partial charge < -0.3 is 4.74 Å². The fourth-order valence-electron chi connectivity index (χ4n) is 1.46. The zero-order chi connectivity index (χ0) is 25.9. The van der Waals surface area contributed by atoms with Gasteiger partial charge in [0.2, 0.25) is 12.5 Å². The summed E-state index contributed by atoms with van der Waals surface area (Å²) in [6, 6.07) is 0. The summed E-state index contributed by atoms with van der Waals surface area (Å²) in [6.07, 6.45) is 0. The maximum atomic E-state index is 10.6.